The van der Waals surface area contributed by atoms with Gasteiger partial charge in [-0.05, 0) is 31.6 Å². The van der Waals surface area contributed by atoms with Gasteiger partial charge in [0.2, 0.25) is 0 Å². The summed E-state index contributed by atoms with van der Waals surface area (Å²) in [7, 11) is 0. The standard InChI is InChI=1S/C12H21N3/c1-9-7-11(13)15(14-9)10-5-4-6-12(2,3)8-10/h7,10H,4-6,8,13H2,1-3H3. The quantitative estimate of drug-likeness (QED) is 0.769. The lowest BCUT2D eigenvalue weighted by Crippen LogP contribution is -2.26. The molecule has 84 valence electrons. The van der Waals surface area contributed by atoms with Crippen molar-refractivity contribution in [2.45, 2.75) is 52.5 Å². The van der Waals surface area contributed by atoms with Gasteiger partial charge < -0.3 is 5.73 Å². The second kappa shape index (κ2) is 3.54. The van der Waals surface area contributed by atoms with E-state index in [1.54, 1.807) is 0 Å². The molecule has 2 N–H and O–H groups in total. The molecule has 1 saturated carbocycles. The summed E-state index contributed by atoms with van der Waals surface area (Å²) >= 11 is 0. The van der Waals surface area contributed by atoms with Gasteiger partial charge in [0.15, 0.2) is 0 Å². The Morgan fingerprint density at radius 1 is 1.53 bits per heavy atom. The van der Waals surface area contributed by atoms with Crippen LogP contribution in [0.15, 0.2) is 6.07 Å². The van der Waals surface area contributed by atoms with E-state index >= 15 is 0 Å². The van der Waals surface area contributed by atoms with Crippen LogP contribution in [0, 0.1) is 12.3 Å². The minimum absolute atomic E-state index is 0.440. The Labute approximate surface area is 91.7 Å². The van der Waals surface area contributed by atoms with Crippen molar-refractivity contribution in [1.29, 1.82) is 0 Å². The largest absolute Gasteiger partial charge is 0.384 e. The van der Waals surface area contributed by atoms with Crippen molar-refractivity contribution in [2.24, 2.45) is 5.41 Å². The highest BCUT2D eigenvalue weighted by Crippen LogP contribution is 2.41. The third-order valence-electron chi connectivity index (χ3n) is 3.41. The number of hydrogen-bond acceptors (Lipinski definition) is 2. The van der Waals surface area contributed by atoms with Crippen LogP contribution in [-0.2, 0) is 0 Å². The molecular weight excluding hydrogens is 186 g/mol. The zero-order valence-corrected chi connectivity index (χ0v) is 9.95. The van der Waals surface area contributed by atoms with Crippen LogP contribution in [-0.4, -0.2) is 9.78 Å². The fraction of sp³-hybridized carbons (Fsp3) is 0.750. The summed E-state index contributed by atoms with van der Waals surface area (Å²) in [4.78, 5) is 0. The van der Waals surface area contributed by atoms with Crippen molar-refractivity contribution < 1.29 is 0 Å². The highest BCUT2D eigenvalue weighted by Gasteiger charge is 2.30. The molecule has 15 heavy (non-hydrogen) atoms. The number of nitrogens with zero attached hydrogens (tertiary/aromatic N) is 2. The maximum absolute atomic E-state index is 5.96. The van der Waals surface area contributed by atoms with Gasteiger partial charge in [-0.1, -0.05) is 20.3 Å². The van der Waals surface area contributed by atoms with Gasteiger partial charge in [0, 0.05) is 6.07 Å². The summed E-state index contributed by atoms with van der Waals surface area (Å²) in [5.41, 5.74) is 7.42. The predicted molar refractivity (Wildman–Crippen MR) is 62.7 cm³/mol. The van der Waals surface area contributed by atoms with E-state index in [2.05, 4.69) is 18.9 Å². The lowest BCUT2D eigenvalue weighted by molar-refractivity contribution is 0.176. The van der Waals surface area contributed by atoms with Crippen molar-refractivity contribution in [3.8, 4) is 0 Å². The fourth-order valence-electron chi connectivity index (χ4n) is 2.70. The molecule has 0 radical (unpaired) electrons. The summed E-state index contributed by atoms with van der Waals surface area (Å²) < 4.78 is 2.02. The zero-order chi connectivity index (χ0) is 11.1. The van der Waals surface area contributed by atoms with Crippen LogP contribution in [0.2, 0.25) is 0 Å². The lowest BCUT2D eigenvalue weighted by atomic mass is 9.75. The second-order valence-electron chi connectivity index (χ2n) is 5.57. The monoisotopic (exact) mass is 207 g/mol. The van der Waals surface area contributed by atoms with Crippen molar-refractivity contribution in [3.05, 3.63) is 11.8 Å². The molecule has 0 aromatic carbocycles. The fourth-order valence-corrected chi connectivity index (χ4v) is 2.70. The Morgan fingerprint density at radius 3 is 2.80 bits per heavy atom. The second-order valence-corrected chi connectivity index (χ2v) is 5.57. The molecule has 0 saturated heterocycles. The van der Waals surface area contributed by atoms with Crippen molar-refractivity contribution >= 4 is 5.82 Å². The van der Waals surface area contributed by atoms with Gasteiger partial charge in [-0.3, -0.25) is 0 Å². The van der Waals surface area contributed by atoms with Crippen LogP contribution in [0.25, 0.3) is 0 Å². The molecule has 3 nitrogen and oxygen atoms in total. The van der Waals surface area contributed by atoms with Crippen LogP contribution in [0.4, 0.5) is 5.82 Å². The molecule has 0 spiro atoms. The normalized spacial score (nSPS) is 25.4. The Morgan fingerprint density at radius 2 is 2.27 bits per heavy atom. The summed E-state index contributed by atoms with van der Waals surface area (Å²) in [6.07, 6.45) is 5.02. The van der Waals surface area contributed by atoms with Gasteiger partial charge >= 0.3 is 0 Å². The lowest BCUT2D eigenvalue weighted by Gasteiger charge is -2.35. The summed E-state index contributed by atoms with van der Waals surface area (Å²) in [6.45, 7) is 6.68. The van der Waals surface area contributed by atoms with E-state index < -0.39 is 0 Å². The van der Waals surface area contributed by atoms with Crippen LogP contribution in [0.1, 0.15) is 51.3 Å². The van der Waals surface area contributed by atoms with E-state index in [0.717, 1.165) is 11.5 Å². The molecule has 1 atom stereocenters. The van der Waals surface area contributed by atoms with E-state index in [-0.39, 0.29) is 0 Å². The topological polar surface area (TPSA) is 43.8 Å². The first-order valence-electron chi connectivity index (χ1n) is 5.80. The van der Waals surface area contributed by atoms with Gasteiger partial charge in [-0.15, -0.1) is 0 Å². The third-order valence-corrected chi connectivity index (χ3v) is 3.41. The number of hydrogen-bond donors (Lipinski definition) is 1. The van der Waals surface area contributed by atoms with E-state index in [9.17, 15) is 0 Å². The molecule has 2 rings (SSSR count). The summed E-state index contributed by atoms with van der Waals surface area (Å²) in [6, 6.07) is 2.46. The highest BCUT2D eigenvalue weighted by molar-refractivity contribution is 5.30. The number of anilines is 1. The molecule has 3 heteroatoms. The minimum atomic E-state index is 0.440. The van der Waals surface area contributed by atoms with Crippen LogP contribution < -0.4 is 5.73 Å². The van der Waals surface area contributed by atoms with E-state index in [4.69, 9.17) is 5.73 Å². The van der Waals surface area contributed by atoms with Gasteiger partial charge in [0.1, 0.15) is 5.82 Å². The number of aryl methyl sites for hydroxylation is 1. The van der Waals surface area contributed by atoms with Crippen molar-refractivity contribution in [1.82, 2.24) is 9.78 Å². The smallest absolute Gasteiger partial charge is 0.122 e. The number of nitrogen functional groups attached to an aromatic ring is 1. The molecule has 0 bridgehead atoms. The van der Waals surface area contributed by atoms with Crippen LogP contribution in [0.5, 0.6) is 0 Å². The van der Waals surface area contributed by atoms with E-state index in [0.29, 0.717) is 11.5 Å². The van der Waals surface area contributed by atoms with Crippen molar-refractivity contribution in [2.75, 3.05) is 5.73 Å². The number of aromatic nitrogens is 2. The summed E-state index contributed by atoms with van der Waals surface area (Å²) in [5, 5.41) is 4.49. The third kappa shape index (κ3) is 2.16. The number of rotatable bonds is 1. The Balaban J connectivity index is 2.20. The molecule has 0 amide bonds. The van der Waals surface area contributed by atoms with Gasteiger partial charge in [-0.25, -0.2) is 4.68 Å². The summed E-state index contributed by atoms with van der Waals surface area (Å²) in [5.74, 6) is 0.815. The number of nitrogens with two attached hydrogens (primary N) is 1. The first-order valence-corrected chi connectivity index (χ1v) is 5.80. The maximum Gasteiger partial charge on any atom is 0.122 e. The molecular formula is C12H21N3. The van der Waals surface area contributed by atoms with Gasteiger partial charge in [0.25, 0.3) is 0 Å². The molecule has 1 aromatic heterocycles. The van der Waals surface area contributed by atoms with Gasteiger partial charge in [0.05, 0.1) is 11.7 Å². The molecule has 1 aromatic rings. The Bertz CT molecular complexity index is 352. The molecule has 1 aliphatic carbocycles. The van der Waals surface area contributed by atoms with Crippen molar-refractivity contribution in [3.63, 3.8) is 0 Å². The van der Waals surface area contributed by atoms with Crippen LogP contribution >= 0.6 is 0 Å². The first kappa shape index (κ1) is 10.5. The zero-order valence-electron chi connectivity index (χ0n) is 9.95. The Kier molecular flexibility index (Phi) is 2.49. The average molecular weight is 207 g/mol. The average Bonchev–Trinajstić information content (AvgIpc) is 2.43. The molecule has 0 aliphatic heterocycles. The van der Waals surface area contributed by atoms with Crippen LogP contribution in [0.3, 0.4) is 0 Å². The van der Waals surface area contributed by atoms with E-state index in [1.165, 1.54) is 25.7 Å². The molecule has 1 fully saturated rings. The minimum Gasteiger partial charge on any atom is -0.384 e. The van der Waals surface area contributed by atoms with E-state index in [1.807, 2.05) is 17.7 Å². The first-order chi connectivity index (χ1) is 6.98. The molecule has 1 aliphatic rings. The Hall–Kier alpha value is -0.990. The highest BCUT2D eigenvalue weighted by atomic mass is 15.3. The molecule has 1 heterocycles. The van der Waals surface area contributed by atoms with Gasteiger partial charge in [-0.2, -0.15) is 5.10 Å². The molecule has 1 unspecified atom stereocenters. The SMILES string of the molecule is Cc1cc(N)n(C2CCCC(C)(C)C2)n1. The predicted octanol–water partition coefficient (Wildman–Crippen LogP) is 2.92. The maximum atomic E-state index is 5.96.